The first-order valence-corrected chi connectivity index (χ1v) is 7.44. The van der Waals surface area contributed by atoms with Gasteiger partial charge in [0.2, 0.25) is 11.8 Å². The van der Waals surface area contributed by atoms with Crippen LogP contribution in [0.4, 0.5) is 0 Å². The Bertz CT molecular complexity index is 221. The van der Waals surface area contributed by atoms with Gasteiger partial charge in [-0.1, -0.05) is 26.7 Å². The minimum absolute atomic E-state index is 0.122. The normalized spacial score (nSPS) is 10.2. The topological polar surface area (TPSA) is 70.2 Å². The smallest absolute Gasteiger partial charge is 0.220 e. The first-order valence-electron chi connectivity index (χ1n) is 7.44. The molecule has 0 heterocycles. The number of unbranched alkanes of at least 4 members (excludes halogenated alkanes) is 2. The largest absolute Gasteiger partial charge is 0.355 e. The number of carbonyl (C=O) groups excluding carboxylic acids is 2. The van der Waals surface area contributed by atoms with Crippen molar-refractivity contribution in [3.63, 3.8) is 0 Å². The molecule has 0 bridgehead atoms. The van der Waals surface area contributed by atoms with E-state index in [-0.39, 0.29) is 11.8 Å². The highest BCUT2D eigenvalue weighted by Gasteiger charge is 1.99. The molecule has 0 saturated heterocycles. The molecule has 2 amide bonds. The van der Waals surface area contributed by atoms with Crippen molar-refractivity contribution < 1.29 is 9.59 Å². The van der Waals surface area contributed by atoms with Gasteiger partial charge in [-0.25, -0.2) is 0 Å². The molecule has 0 aromatic carbocycles. The van der Waals surface area contributed by atoms with Crippen molar-refractivity contribution in [1.82, 2.24) is 16.0 Å². The summed E-state index contributed by atoms with van der Waals surface area (Å²) in [6.45, 7) is 6.91. The number of hydrogen-bond acceptors (Lipinski definition) is 3. The number of rotatable bonds is 12. The lowest BCUT2D eigenvalue weighted by Crippen LogP contribution is -2.36. The Morgan fingerprint density at radius 1 is 0.737 bits per heavy atom. The summed E-state index contributed by atoms with van der Waals surface area (Å²) >= 11 is 0. The van der Waals surface area contributed by atoms with Gasteiger partial charge in [0.1, 0.15) is 0 Å². The van der Waals surface area contributed by atoms with Gasteiger partial charge in [-0.05, 0) is 12.8 Å². The lowest BCUT2D eigenvalue weighted by molar-refractivity contribution is -0.121. The van der Waals surface area contributed by atoms with E-state index in [4.69, 9.17) is 0 Å². The summed E-state index contributed by atoms with van der Waals surface area (Å²) in [6, 6.07) is 0. The van der Waals surface area contributed by atoms with E-state index in [1.807, 2.05) is 0 Å². The van der Waals surface area contributed by atoms with Crippen LogP contribution in [0.15, 0.2) is 0 Å². The van der Waals surface area contributed by atoms with Gasteiger partial charge in [0.25, 0.3) is 0 Å². The molecule has 0 spiro atoms. The molecule has 0 fully saturated rings. The van der Waals surface area contributed by atoms with E-state index in [0.29, 0.717) is 25.9 Å². The molecule has 5 nitrogen and oxygen atoms in total. The average Bonchev–Trinajstić information content (AvgIpc) is 2.41. The van der Waals surface area contributed by atoms with Gasteiger partial charge in [0.05, 0.1) is 0 Å². The van der Waals surface area contributed by atoms with Gasteiger partial charge >= 0.3 is 0 Å². The molecular weight excluding hydrogens is 242 g/mol. The fraction of sp³-hybridized carbons (Fsp3) is 0.857. The first-order chi connectivity index (χ1) is 9.20. The van der Waals surface area contributed by atoms with Crippen molar-refractivity contribution in [2.24, 2.45) is 0 Å². The van der Waals surface area contributed by atoms with Crippen LogP contribution >= 0.6 is 0 Å². The molecule has 0 unspecified atom stereocenters. The van der Waals surface area contributed by atoms with Gasteiger partial charge in [0, 0.05) is 39.0 Å². The van der Waals surface area contributed by atoms with E-state index in [1.54, 1.807) is 0 Å². The zero-order chi connectivity index (χ0) is 14.3. The quantitative estimate of drug-likeness (QED) is 0.467. The van der Waals surface area contributed by atoms with Crippen LogP contribution in [0.3, 0.4) is 0 Å². The maximum atomic E-state index is 11.3. The van der Waals surface area contributed by atoms with Crippen molar-refractivity contribution in [2.75, 3.05) is 26.2 Å². The maximum absolute atomic E-state index is 11.3. The van der Waals surface area contributed by atoms with Crippen LogP contribution in [0, 0.1) is 0 Å². The molecular formula is C14H29N3O2. The van der Waals surface area contributed by atoms with E-state index >= 15 is 0 Å². The molecule has 112 valence electrons. The summed E-state index contributed by atoms with van der Waals surface area (Å²) in [5.41, 5.74) is 0. The Morgan fingerprint density at radius 2 is 1.16 bits per heavy atom. The van der Waals surface area contributed by atoms with Crippen LogP contribution in [0.5, 0.6) is 0 Å². The van der Waals surface area contributed by atoms with Crippen molar-refractivity contribution >= 4 is 11.8 Å². The van der Waals surface area contributed by atoms with Crippen LogP contribution in [0.2, 0.25) is 0 Å². The van der Waals surface area contributed by atoms with Crippen molar-refractivity contribution in [1.29, 1.82) is 0 Å². The van der Waals surface area contributed by atoms with Crippen LogP contribution in [0.25, 0.3) is 0 Å². The highest BCUT2D eigenvalue weighted by molar-refractivity contribution is 5.76. The number of carbonyl (C=O) groups is 2. The minimum atomic E-state index is 0.122. The summed E-state index contributed by atoms with van der Waals surface area (Å²) in [7, 11) is 0. The maximum Gasteiger partial charge on any atom is 0.220 e. The van der Waals surface area contributed by atoms with E-state index < -0.39 is 0 Å². The summed E-state index contributed by atoms with van der Waals surface area (Å²) in [5, 5.41) is 8.89. The Kier molecular flexibility index (Phi) is 12.6. The molecule has 0 aromatic rings. The Morgan fingerprint density at radius 3 is 1.53 bits per heavy atom. The third-order valence-corrected chi connectivity index (χ3v) is 2.76. The summed E-state index contributed by atoms with van der Waals surface area (Å²) < 4.78 is 0. The standard InChI is InChI=1S/C14H29N3O2/c1-3-5-7-13(18)16-11-9-15-10-12-17-14(19)8-6-4-2/h15H,3-12H2,1-2H3,(H,16,18)(H,17,19). The Labute approximate surface area is 116 Å². The molecule has 0 aliphatic heterocycles. The second kappa shape index (κ2) is 13.3. The van der Waals surface area contributed by atoms with Crippen LogP contribution in [-0.2, 0) is 9.59 Å². The SMILES string of the molecule is CCCCC(=O)NCCNCCNC(=O)CCCC. The molecule has 0 saturated carbocycles. The second-order valence-corrected chi connectivity index (χ2v) is 4.66. The molecule has 0 radical (unpaired) electrons. The summed E-state index contributed by atoms with van der Waals surface area (Å²) in [4.78, 5) is 22.6. The number of nitrogens with one attached hydrogen (secondary N) is 3. The highest BCUT2D eigenvalue weighted by Crippen LogP contribution is 1.92. The van der Waals surface area contributed by atoms with Gasteiger partial charge in [-0.2, -0.15) is 0 Å². The molecule has 0 atom stereocenters. The molecule has 0 aliphatic rings. The highest BCUT2D eigenvalue weighted by atomic mass is 16.2. The number of amides is 2. The zero-order valence-corrected chi connectivity index (χ0v) is 12.4. The van der Waals surface area contributed by atoms with Gasteiger partial charge in [0.15, 0.2) is 0 Å². The Balaban J connectivity index is 3.22. The fourth-order valence-corrected chi connectivity index (χ4v) is 1.56. The van der Waals surface area contributed by atoms with Crippen molar-refractivity contribution in [3.05, 3.63) is 0 Å². The zero-order valence-electron chi connectivity index (χ0n) is 12.4. The van der Waals surface area contributed by atoms with Crippen LogP contribution < -0.4 is 16.0 Å². The molecule has 0 aliphatic carbocycles. The third-order valence-electron chi connectivity index (χ3n) is 2.76. The fourth-order valence-electron chi connectivity index (χ4n) is 1.56. The Hall–Kier alpha value is -1.10. The monoisotopic (exact) mass is 271 g/mol. The van der Waals surface area contributed by atoms with E-state index in [2.05, 4.69) is 29.8 Å². The molecule has 3 N–H and O–H groups in total. The minimum Gasteiger partial charge on any atom is -0.355 e. The van der Waals surface area contributed by atoms with Crippen LogP contribution in [0.1, 0.15) is 52.4 Å². The molecule has 0 aromatic heterocycles. The van der Waals surface area contributed by atoms with E-state index in [9.17, 15) is 9.59 Å². The van der Waals surface area contributed by atoms with Gasteiger partial charge in [-0.3, -0.25) is 9.59 Å². The van der Waals surface area contributed by atoms with Gasteiger partial charge in [-0.15, -0.1) is 0 Å². The summed E-state index contributed by atoms with van der Waals surface area (Å²) in [5.74, 6) is 0.244. The predicted molar refractivity (Wildman–Crippen MR) is 77.9 cm³/mol. The molecule has 0 rings (SSSR count). The lowest BCUT2D eigenvalue weighted by atomic mass is 10.2. The van der Waals surface area contributed by atoms with Gasteiger partial charge < -0.3 is 16.0 Å². The lowest BCUT2D eigenvalue weighted by Gasteiger charge is -2.07. The van der Waals surface area contributed by atoms with E-state index in [1.165, 1.54) is 0 Å². The third kappa shape index (κ3) is 13.1. The summed E-state index contributed by atoms with van der Waals surface area (Å²) in [6.07, 6.45) is 5.22. The van der Waals surface area contributed by atoms with Crippen molar-refractivity contribution in [3.8, 4) is 0 Å². The predicted octanol–water partition coefficient (Wildman–Crippen LogP) is 1.19. The number of hydrogen-bond donors (Lipinski definition) is 3. The average molecular weight is 271 g/mol. The molecule has 5 heteroatoms. The van der Waals surface area contributed by atoms with Crippen molar-refractivity contribution in [2.45, 2.75) is 52.4 Å². The second-order valence-electron chi connectivity index (χ2n) is 4.66. The first kappa shape index (κ1) is 17.9. The van der Waals surface area contributed by atoms with Crippen LogP contribution in [-0.4, -0.2) is 38.0 Å². The van der Waals surface area contributed by atoms with E-state index in [0.717, 1.165) is 38.8 Å². The molecule has 19 heavy (non-hydrogen) atoms.